The van der Waals surface area contributed by atoms with Crippen molar-refractivity contribution in [2.75, 3.05) is 7.05 Å². The molecular formula is C13H19NO3. The normalized spacial score (nSPS) is 17.8. The molecule has 0 unspecified atom stereocenters. The van der Waals surface area contributed by atoms with E-state index in [4.69, 9.17) is 5.11 Å². The minimum Gasteiger partial charge on any atom is -0.481 e. The minimum absolute atomic E-state index is 0.0145. The summed E-state index contributed by atoms with van der Waals surface area (Å²) in [7, 11) is 1.67. The van der Waals surface area contributed by atoms with E-state index in [1.807, 2.05) is 0 Å². The summed E-state index contributed by atoms with van der Waals surface area (Å²) < 4.78 is 0. The quantitative estimate of drug-likeness (QED) is 0.759. The first kappa shape index (κ1) is 13.6. The Bertz CT molecular complexity index is 359. The Morgan fingerprint density at radius 2 is 1.88 bits per heavy atom. The predicted molar refractivity (Wildman–Crippen MR) is 64.3 cm³/mol. The van der Waals surface area contributed by atoms with Crippen molar-refractivity contribution < 1.29 is 14.7 Å². The van der Waals surface area contributed by atoms with Gasteiger partial charge < -0.3 is 10.0 Å². The summed E-state index contributed by atoms with van der Waals surface area (Å²) >= 11 is 0. The zero-order chi connectivity index (χ0) is 12.9. The summed E-state index contributed by atoms with van der Waals surface area (Å²) in [5.74, 6) is 3.92. The van der Waals surface area contributed by atoms with Crippen LogP contribution in [0.5, 0.6) is 0 Å². The Morgan fingerprint density at radius 1 is 1.29 bits per heavy atom. The van der Waals surface area contributed by atoms with Gasteiger partial charge in [-0.15, -0.1) is 0 Å². The van der Waals surface area contributed by atoms with Gasteiger partial charge >= 0.3 is 5.97 Å². The van der Waals surface area contributed by atoms with Gasteiger partial charge in [0.25, 0.3) is 5.91 Å². The summed E-state index contributed by atoms with van der Waals surface area (Å²) in [6.45, 7) is 1.61. The number of carboxylic acid groups (broad SMARTS) is 1. The molecule has 1 rings (SSSR count). The van der Waals surface area contributed by atoms with Gasteiger partial charge in [0.05, 0.1) is 12.0 Å². The van der Waals surface area contributed by atoms with Crippen LogP contribution in [0.3, 0.4) is 0 Å². The molecule has 0 bridgehead atoms. The van der Waals surface area contributed by atoms with Crippen LogP contribution in [0.15, 0.2) is 0 Å². The molecule has 0 aromatic heterocycles. The van der Waals surface area contributed by atoms with Crippen LogP contribution >= 0.6 is 0 Å². The molecule has 1 fully saturated rings. The topological polar surface area (TPSA) is 57.6 Å². The van der Waals surface area contributed by atoms with Gasteiger partial charge in [-0.3, -0.25) is 9.59 Å². The molecule has 0 spiro atoms. The summed E-state index contributed by atoms with van der Waals surface area (Å²) in [5.41, 5.74) is -0.537. The minimum atomic E-state index is -0.851. The highest BCUT2D eigenvalue weighted by atomic mass is 16.4. The highest BCUT2D eigenvalue weighted by Gasteiger charge is 2.40. The molecule has 94 valence electrons. The molecule has 0 atom stereocenters. The number of carboxylic acids is 1. The molecule has 4 heteroatoms. The van der Waals surface area contributed by atoms with Crippen molar-refractivity contribution in [3.05, 3.63) is 0 Å². The fraction of sp³-hybridized carbons (Fsp3) is 0.692. The smallest absolute Gasteiger partial charge is 0.305 e. The molecule has 0 radical (unpaired) electrons. The molecule has 0 heterocycles. The first-order chi connectivity index (χ1) is 8.02. The molecule has 1 aliphatic carbocycles. The molecule has 1 N–H and O–H groups in total. The second-order valence-electron chi connectivity index (χ2n) is 4.59. The maximum absolute atomic E-state index is 11.8. The zero-order valence-corrected chi connectivity index (χ0v) is 10.5. The zero-order valence-electron chi connectivity index (χ0n) is 10.5. The molecule has 1 saturated carbocycles. The molecule has 4 nitrogen and oxygen atoms in total. The number of carbonyl (C=O) groups excluding carboxylic acids is 1. The van der Waals surface area contributed by atoms with E-state index < -0.39 is 11.5 Å². The maximum Gasteiger partial charge on any atom is 0.305 e. The van der Waals surface area contributed by atoms with E-state index in [0.29, 0.717) is 0 Å². The van der Waals surface area contributed by atoms with Crippen LogP contribution in [-0.2, 0) is 9.59 Å². The van der Waals surface area contributed by atoms with Gasteiger partial charge in [-0.2, -0.15) is 0 Å². The van der Waals surface area contributed by atoms with Crippen LogP contribution in [0, 0.1) is 11.8 Å². The first-order valence-electron chi connectivity index (χ1n) is 5.94. The number of nitrogens with zero attached hydrogens (tertiary/aromatic N) is 1. The Labute approximate surface area is 102 Å². The predicted octanol–water partition coefficient (Wildman–Crippen LogP) is 1.65. The molecule has 1 amide bonds. The largest absolute Gasteiger partial charge is 0.481 e. The Hall–Kier alpha value is -1.50. The molecule has 1 aliphatic rings. The van der Waals surface area contributed by atoms with Crippen LogP contribution in [0.25, 0.3) is 0 Å². The average molecular weight is 237 g/mol. The van der Waals surface area contributed by atoms with E-state index in [1.165, 1.54) is 4.90 Å². The summed E-state index contributed by atoms with van der Waals surface area (Å²) in [4.78, 5) is 24.3. The van der Waals surface area contributed by atoms with Crippen LogP contribution < -0.4 is 0 Å². The van der Waals surface area contributed by atoms with E-state index in [0.717, 1.165) is 32.1 Å². The highest BCUT2D eigenvalue weighted by molar-refractivity contribution is 5.94. The van der Waals surface area contributed by atoms with Gasteiger partial charge in [0.1, 0.15) is 0 Å². The van der Waals surface area contributed by atoms with Crippen molar-refractivity contribution in [2.24, 2.45) is 0 Å². The molecule has 0 saturated heterocycles. The lowest BCUT2D eigenvalue weighted by atomic mass is 9.78. The van der Waals surface area contributed by atoms with Crippen molar-refractivity contribution >= 4 is 11.9 Å². The van der Waals surface area contributed by atoms with Crippen molar-refractivity contribution in [3.8, 4) is 11.8 Å². The molecule has 17 heavy (non-hydrogen) atoms. The van der Waals surface area contributed by atoms with E-state index in [9.17, 15) is 9.59 Å². The third-order valence-corrected chi connectivity index (χ3v) is 3.51. The van der Waals surface area contributed by atoms with Crippen molar-refractivity contribution in [2.45, 2.75) is 51.0 Å². The lowest BCUT2D eigenvalue weighted by molar-refractivity contribution is -0.143. The van der Waals surface area contributed by atoms with Gasteiger partial charge in [-0.25, -0.2) is 0 Å². The highest BCUT2D eigenvalue weighted by Crippen LogP contribution is 2.35. The fourth-order valence-electron chi connectivity index (χ4n) is 2.53. The standard InChI is InChI=1S/C13H19NO3/c1-3-7-11(15)14(2)13(10-12(16)17)8-5-4-6-9-13/h4-6,8-10H2,1-2H3,(H,16,17). The molecule has 0 aliphatic heterocycles. The SMILES string of the molecule is CC#CC(=O)N(C)C1(CC(=O)O)CCCCC1. The van der Waals surface area contributed by atoms with E-state index >= 15 is 0 Å². The second kappa shape index (κ2) is 5.72. The van der Waals surface area contributed by atoms with Gasteiger partial charge in [-0.1, -0.05) is 25.2 Å². The monoisotopic (exact) mass is 237 g/mol. The van der Waals surface area contributed by atoms with E-state index in [2.05, 4.69) is 11.8 Å². The molecular weight excluding hydrogens is 218 g/mol. The van der Waals surface area contributed by atoms with Crippen LogP contribution in [0.4, 0.5) is 0 Å². The lowest BCUT2D eigenvalue weighted by Crippen LogP contribution is -2.51. The molecule has 0 aromatic carbocycles. The maximum atomic E-state index is 11.8. The fourth-order valence-corrected chi connectivity index (χ4v) is 2.53. The Morgan fingerprint density at radius 3 is 2.35 bits per heavy atom. The van der Waals surface area contributed by atoms with Crippen molar-refractivity contribution in [1.82, 2.24) is 4.90 Å². The van der Waals surface area contributed by atoms with Crippen LogP contribution in [-0.4, -0.2) is 34.5 Å². The number of rotatable bonds is 3. The van der Waals surface area contributed by atoms with E-state index in [1.54, 1.807) is 14.0 Å². The Kier molecular flexibility index (Phi) is 4.56. The average Bonchev–Trinajstić information content (AvgIpc) is 2.28. The van der Waals surface area contributed by atoms with E-state index in [-0.39, 0.29) is 12.3 Å². The van der Waals surface area contributed by atoms with Crippen molar-refractivity contribution in [1.29, 1.82) is 0 Å². The number of hydrogen-bond donors (Lipinski definition) is 1. The van der Waals surface area contributed by atoms with Crippen LogP contribution in [0.1, 0.15) is 45.4 Å². The third kappa shape index (κ3) is 3.23. The first-order valence-corrected chi connectivity index (χ1v) is 5.94. The van der Waals surface area contributed by atoms with Crippen LogP contribution in [0.2, 0.25) is 0 Å². The number of hydrogen-bond acceptors (Lipinski definition) is 2. The van der Waals surface area contributed by atoms with Gasteiger partial charge in [-0.05, 0) is 25.7 Å². The third-order valence-electron chi connectivity index (χ3n) is 3.51. The van der Waals surface area contributed by atoms with Gasteiger partial charge in [0.15, 0.2) is 0 Å². The molecule has 0 aromatic rings. The summed E-state index contributed by atoms with van der Waals surface area (Å²) in [5, 5.41) is 9.02. The summed E-state index contributed by atoms with van der Waals surface area (Å²) in [6.07, 6.45) is 4.60. The lowest BCUT2D eigenvalue weighted by Gasteiger charge is -2.43. The number of aliphatic carboxylic acids is 1. The number of carbonyl (C=O) groups is 2. The van der Waals surface area contributed by atoms with Gasteiger partial charge in [0, 0.05) is 7.05 Å². The number of amides is 1. The summed E-state index contributed by atoms with van der Waals surface area (Å²) in [6, 6.07) is 0. The van der Waals surface area contributed by atoms with Crippen molar-refractivity contribution in [3.63, 3.8) is 0 Å². The Balaban J connectivity index is 2.90. The second-order valence-corrected chi connectivity index (χ2v) is 4.59. The van der Waals surface area contributed by atoms with Gasteiger partial charge in [0.2, 0.25) is 0 Å².